The van der Waals surface area contributed by atoms with Gasteiger partial charge in [-0.3, -0.25) is 14.2 Å². The van der Waals surface area contributed by atoms with E-state index in [1.54, 1.807) is 42.5 Å². The van der Waals surface area contributed by atoms with E-state index in [0.717, 1.165) is 23.9 Å². The number of ether oxygens (including phenoxy) is 1. The number of thioether (sulfide) groups is 1. The lowest BCUT2D eigenvalue weighted by Gasteiger charge is -2.14. The van der Waals surface area contributed by atoms with E-state index in [1.165, 1.54) is 16.7 Å². The summed E-state index contributed by atoms with van der Waals surface area (Å²) in [6, 6.07) is 16.1. The Morgan fingerprint density at radius 3 is 2.41 bits per heavy atom. The third-order valence-electron chi connectivity index (χ3n) is 5.53. The van der Waals surface area contributed by atoms with Gasteiger partial charge in [-0.1, -0.05) is 47.1 Å². The fourth-order valence-corrected chi connectivity index (χ4v) is 4.77. The molecular formula is C27H22Cl2F3N5O3S. The van der Waals surface area contributed by atoms with Crippen molar-refractivity contribution in [1.82, 2.24) is 20.1 Å². The standard InChI is InChI=1S/C27H22Cl2F3N5O3S/c1-2-40-18-10-7-16(8-11-18)34-24(38)15-41-26-36-35-23(37(26)17-9-12-21(28)22(29)13-17)14-33-25(39)19-5-3-4-6-20(19)27(30,31)32/h3-13H,2,14-15H2,1H3,(H,33,39)(H,34,38). The van der Waals surface area contributed by atoms with Crippen LogP contribution >= 0.6 is 35.0 Å². The number of nitrogens with zero attached hydrogens (tertiary/aromatic N) is 3. The largest absolute Gasteiger partial charge is 0.494 e. The van der Waals surface area contributed by atoms with Crippen LogP contribution in [-0.4, -0.2) is 38.9 Å². The topological polar surface area (TPSA) is 98.1 Å². The number of halogens is 5. The average Bonchev–Trinajstić information content (AvgIpc) is 3.35. The summed E-state index contributed by atoms with van der Waals surface area (Å²) in [5, 5.41) is 14.3. The molecule has 4 aromatic rings. The van der Waals surface area contributed by atoms with E-state index in [0.29, 0.717) is 28.8 Å². The molecule has 0 saturated heterocycles. The molecule has 0 radical (unpaired) electrons. The van der Waals surface area contributed by atoms with Gasteiger partial charge in [0.25, 0.3) is 5.91 Å². The first-order valence-corrected chi connectivity index (χ1v) is 13.8. The third-order valence-corrected chi connectivity index (χ3v) is 7.20. The lowest BCUT2D eigenvalue weighted by Crippen LogP contribution is -2.27. The molecule has 3 aromatic carbocycles. The quantitative estimate of drug-likeness (QED) is 0.192. The summed E-state index contributed by atoms with van der Waals surface area (Å²) < 4.78 is 47.1. The van der Waals surface area contributed by atoms with Gasteiger partial charge in [-0.2, -0.15) is 13.2 Å². The zero-order valence-electron chi connectivity index (χ0n) is 21.3. The van der Waals surface area contributed by atoms with E-state index < -0.39 is 23.2 Å². The van der Waals surface area contributed by atoms with Gasteiger partial charge in [-0.05, 0) is 61.5 Å². The first-order valence-electron chi connectivity index (χ1n) is 12.1. The summed E-state index contributed by atoms with van der Waals surface area (Å²) >= 11 is 13.3. The number of aromatic nitrogens is 3. The van der Waals surface area contributed by atoms with Crippen LogP contribution < -0.4 is 15.4 Å². The number of carbonyl (C=O) groups excluding carboxylic acids is 2. The molecule has 8 nitrogen and oxygen atoms in total. The smallest absolute Gasteiger partial charge is 0.417 e. The Labute approximate surface area is 247 Å². The van der Waals surface area contributed by atoms with Crippen molar-refractivity contribution in [2.75, 3.05) is 17.7 Å². The van der Waals surface area contributed by atoms with Crippen molar-refractivity contribution in [3.8, 4) is 11.4 Å². The summed E-state index contributed by atoms with van der Waals surface area (Å²) in [6.07, 6.45) is -4.70. The molecule has 4 rings (SSSR count). The van der Waals surface area contributed by atoms with Gasteiger partial charge in [-0.15, -0.1) is 10.2 Å². The number of hydrogen-bond acceptors (Lipinski definition) is 6. The molecule has 0 aliphatic carbocycles. The molecule has 0 fully saturated rings. The monoisotopic (exact) mass is 623 g/mol. The molecular weight excluding hydrogens is 602 g/mol. The highest BCUT2D eigenvalue weighted by Gasteiger charge is 2.34. The fraction of sp³-hybridized carbons (Fsp3) is 0.185. The van der Waals surface area contributed by atoms with Gasteiger partial charge in [0.2, 0.25) is 5.91 Å². The molecule has 0 aliphatic heterocycles. The lowest BCUT2D eigenvalue weighted by molar-refractivity contribution is -0.138. The van der Waals surface area contributed by atoms with Crippen LogP contribution in [0.5, 0.6) is 5.75 Å². The van der Waals surface area contributed by atoms with E-state index >= 15 is 0 Å². The van der Waals surface area contributed by atoms with Crippen molar-refractivity contribution in [3.63, 3.8) is 0 Å². The maximum absolute atomic E-state index is 13.4. The summed E-state index contributed by atoms with van der Waals surface area (Å²) in [5.41, 5.74) is -0.536. The van der Waals surface area contributed by atoms with Gasteiger partial charge in [0.15, 0.2) is 11.0 Å². The number of hydrogen-bond donors (Lipinski definition) is 2. The first kappa shape index (κ1) is 30.2. The number of anilines is 1. The minimum Gasteiger partial charge on any atom is -0.494 e. The molecule has 0 unspecified atom stereocenters. The van der Waals surface area contributed by atoms with Gasteiger partial charge in [0, 0.05) is 5.69 Å². The van der Waals surface area contributed by atoms with E-state index in [9.17, 15) is 22.8 Å². The predicted octanol–water partition coefficient (Wildman–Crippen LogP) is 6.65. The van der Waals surface area contributed by atoms with E-state index in [-0.39, 0.29) is 34.2 Å². The van der Waals surface area contributed by atoms with Crippen molar-refractivity contribution in [1.29, 1.82) is 0 Å². The number of rotatable bonds is 10. The normalized spacial score (nSPS) is 11.3. The second-order valence-electron chi connectivity index (χ2n) is 8.35. The third kappa shape index (κ3) is 7.72. The molecule has 0 saturated carbocycles. The van der Waals surface area contributed by atoms with Crippen molar-refractivity contribution in [3.05, 3.63) is 93.7 Å². The van der Waals surface area contributed by atoms with Crippen LogP contribution in [0.2, 0.25) is 10.0 Å². The summed E-state index contributed by atoms with van der Waals surface area (Å²) in [7, 11) is 0. The SMILES string of the molecule is CCOc1ccc(NC(=O)CSc2nnc(CNC(=O)c3ccccc3C(F)(F)F)n2-c2ccc(Cl)c(Cl)c2)cc1. The van der Waals surface area contributed by atoms with Crippen LogP contribution in [0.25, 0.3) is 5.69 Å². The van der Waals surface area contributed by atoms with Gasteiger partial charge in [-0.25, -0.2) is 0 Å². The Morgan fingerprint density at radius 2 is 1.73 bits per heavy atom. The molecule has 14 heteroatoms. The van der Waals surface area contributed by atoms with Crippen molar-refractivity contribution >= 4 is 52.5 Å². The van der Waals surface area contributed by atoms with Gasteiger partial charge in [0.05, 0.1) is 45.8 Å². The maximum atomic E-state index is 13.4. The Morgan fingerprint density at radius 1 is 1.00 bits per heavy atom. The number of alkyl halides is 3. The molecule has 0 spiro atoms. The van der Waals surface area contributed by atoms with Crippen LogP contribution in [0.4, 0.5) is 18.9 Å². The zero-order valence-corrected chi connectivity index (χ0v) is 23.7. The second kappa shape index (κ2) is 13.3. The van der Waals surface area contributed by atoms with E-state index in [2.05, 4.69) is 20.8 Å². The van der Waals surface area contributed by atoms with Crippen molar-refractivity contribution in [2.45, 2.75) is 24.8 Å². The Bertz CT molecular complexity index is 1550. The van der Waals surface area contributed by atoms with Gasteiger partial charge >= 0.3 is 6.18 Å². The number of carbonyl (C=O) groups is 2. The maximum Gasteiger partial charge on any atom is 0.417 e. The minimum atomic E-state index is -4.70. The second-order valence-corrected chi connectivity index (χ2v) is 10.1. The first-order chi connectivity index (χ1) is 19.6. The lowest BCUT2D eigenvalue weighted by atomic mass is 10.1. The van der Waals surface area contributed by atoms with Crippen LogP contribution in [0.15, 0.2) is 71.9 Å². The number of benzene rings is 3. The predicted molar refractivity (Wildman–Crippen MR) is 151 cm³/mol. The van der Waals surface area contributed by atoms with E-state index in [4.69, 9.17) is 27.9 Å². The Hall–Kier alpha value is -3.74. The highest BCUT2D eigenvalue weighted by molar-refractivity contribution is 7.99. The van der Waals surface area contributed by atoms with E-state index in [1.807, 2.05) is 6.92 Å². The average molecular weight is 624 g/mol. The molecule has 2 amide bonds. The highest BCUT2D eigenvalue weighted by atomic mass is 35.5. The summed E-state index contributed by atoms with van der Waals surface area (Å²) in [5.74, 6) is -0.434. The Kier molecular flexibility index (Phi) is 9.79. The van der Waals surface area contributed by atoms with Gasteiger partial charge < -0.3 is 15.4 Å². The molecule has 1 aromatic heterocycles. The minimum absolute atomic E-state index is 0.0437. The molecule has 1 heterocycles. The summed E-state index contributed by atoms with van der Waals surface area (Å²) in [4.78, 5) is 25.3. The van der Waals surface area contributed by atoms with Crippen LogP contribution in [0, 0.1) is 0 Å². The van der Waals surface area contributed by atoms with Gasteiger partial charge in [0.1, 0.15) is 5.75 Å². The molecule has 41 heavy (non-hydrogen) atoms. The molecule has 2 N–H and O–H groups in total. The Balaban J connectivity index is 1.52. The molecule has 214 valence electrons. The fourth-order valence-electron chi connectivity index (χ4n) is 3.70. The molecule has 0 atom stereocenters. The van der Waals surface area contributed by atoms with Crippen molar-refractivity contribution < 1.29 is 27.5 Å². The zero-order chi connectivity index (χ0) is 29.6. The van der Waals surface area contributed by atoms with Crippen molar-refractivity contribution in [2.24, 2.45) is 0 Å². The highest BCUT2D eigenvalue weighted by Crippen LogP contribution is 2.32. The van der Waals surface area contributed by atoms with Crippen LogP contribution in [0.1, 0.15) is 28.7 Å². The number of nitrogens with one attached hydrogen (secondary N) is 2. The number of amides is 2. The van der Waals surface area contributed by atoms with Crippen LogP contribution in [0.3, 0.4) is 0 Å². The summed E-state index contributed by atoms with van der Waals surface area (Å²) in [6.45, 7) is 2.13. The van der Waals surface area contributed by atoms with Crippen LogP contribution in [-0.2, 0) is 17.5 Å². The molecule has 0 bridgehead atoms. The molecule has 0 aliphatic rings.